The first kappa shape index (κ1) is 20.6. The van der Waals surface area contributed by atoms with Gasteiger partial charge in [0.05, 0.1) is 14.2 Å². The highest BCUT2D eigenvalue weighted by Crippen LogP contribution is 2.40. The number of nitrogen functional groups attached to an aromatic ring is 1. The van der Waals surface area contributed by atoms with Crippen LogP contribution in [0.5, 0.6) is 11.8 Å². The van der Waals surface area contributed by atoms with Gasteiger partial charge in [-0.15, -0.1) is 0 Å². The highest BCUT2D eigenvalue weighted by Gasteiger charge is 2.23. The van der Waals surface area contributed by atoms with E-state index in [4.69, 9.17) is 15.2 Å². The smallest absolute Gasteiger partial charge is 0.248 e. The fourth-order valence-corrected chi connectivity index (χ4v) is 3.50. The summed E-state index contributed by atoms with van der Waals surface area (Å²) >= 11 is 1.12. The molecule has 12 heteroatoms. The fraction of sp³-hybridized carbons (Fsp3) is 0.353. The van der Waals surface area contributed by atoms with E-state index in [0.717, 1.165) is 44.0 Å². The Morgan fingerprint density at radius 1 is 1.24 bits per heavy atom. The number of nitrogens with zero attached hydrogens (tertiary/aromatic N) is 5. The van der Waals surface area contributed by atoms with Crippen LogP contribution in [0.25, 0.3) is 0 Å². The molecule has 2 aromatic rings. The number of piperazine rings is 1. The lowest BCUT2D eigenvalue weighted by Gasteiger charge is -2.28. The van der Waals surface area contributed by atoms with E-state index < -0.39 is 5.91 Å². The molecule has 1 saturated heterocycles. The van der Waals surface area contributed by atoms with E-state index in [-0.39, 0.29) is 16.8 Å². The normalized spacial score (nSPS) is 13.7. The summed E-state index contributed by atoms with van der Waals surface area (Å²) in [6, 6.07) is 1.45. The van der Waals surface area contributed by atoms with Gasteiger partial charge in [0.15, 0.2) is 5.16 Å². The Kier molecular flexibility index (Phi) is 6.67. The number of nitrogens with two attached hydrogens (primary N) is 1. The molecule has 0 aromatic carbocycles. The van der Waals surface area contributed by atoms with Crippen LogP contribution in [0.4, 0.5) is 17.6 Å². The van der Waals surface area contributed by atoms with Crippen molar-refractivity contribution in [1.82, 2.24) is 25.3 Å². The van der Waals surface area contributed by atoms with E-state index in [9.17, 15) is 4.79 Å². The Bertz CT molecular complexity index is 879. The Labute approximate surface area is 172 Å². The zero-order valence-corrected chi connectivity index (χ0v) is 17.0. The van der Waals surface area contributed by atoms with Crippen LogP contribution >= 0.6 is 11.8 Å². The van der Waals surface area contributed by atoms with Gasteiger partial charge in [0.1, 0.15) is 16.5 Å². The van der Waals surface area contributed by atoms with Crippen LogP contribution in [0, 0.1) is 0 Å². The number of rotatable bonds is 7. The van der Waals surface area contributed by atoms with E-state index in [1.807, 2.05) is 0 Å². The minimum absolute atomic E-state index is 0.193. The molecular weight excluding hydrogens is 396 g/mol. The number of ether oxygens (including phenoxy) is 2. The van der Waals surface area contributed by atoms with Gasteiger partial charge in [-0.3, -0.25) is 4.79 Å². The van der Waals surface area contributed by atoms with Crippen molar-refractivity contribution in [3.05, 3.63) is 18.7 Å². The van der Waals surface area contributed by atoms with Crippen molar-refractivity contribution in [2.24, 2.45) is 0 Å². The first-order chi connectivity index (χ1) is 14.0. The van der Waals surface area contributed by atoms with Crippen molar-refractivity contribution in [3.8, 4) is 11.8 Å². The second-order valence-corrected chi connectivity index (χ2v) is 6.84. The second kappa shape index (κ2) is 9.39. The second-order valence-electron chi connectivity index (χ2n) is 5.86. The number of hydrogen-bond acceptors (Lipinski definition) is 11. The molecule has 3 rings (SSSR count). The quantitative estimate of drug-likeness (QED) is 0.429. The molecule has 0 bridgehead atoms. The van der Waals surface area contributed by atoms with E-state index >= 15 is 0 Å². The average molecular weight is 418 g/mol. The average Bonchev–Trinajstić information content (AvgIpc) is 2.73. The summed E-state index contributed by atoms with van der Waals surface area (Å²) in [6.45, 7) is 6.67. The Balaban J connectivity index is 1.93. The maximum atomic E-state index is 11.5. The number of carbonyl (C=O) groups is 1. The van der Waals surface area contributed by atoms with Crippen molar-refractivity contribution in [3.63, 3.8) is 0 Å². The fourth-order valence-electron chi connectivity index (χ4n) is 2.59. The Hall–Kier alpha value is -3.12. The van der Waals surface area contributed by atoms with E-state index in [1.165, 1.54) is 20.3 Å². The van der Waals surface area contributed by atoms with E-state index in [0.29, 0.717) is 22.6 Å². The molecule has 3 heterocycles. The molecule has 0 saturated carbocycles. The number of hydrogen-bond donors (Lipinski definition) is 3. The number of carbonyl (C=O) groups excluding carboxylic acids is 1. The van der Waals surface area contributed by atoms with E-state index in [1.54, 1.807) is 0 Å². The lowest BCUT2D eigenvalue weighted by molar-refractivity contribution is -0.111. The first-order valence-electron chi connectivity index (χ1n) is 8.75. The molecule has 1 aliphatic rings. The molecule has 0 aliphatic carbocycles. The lowest BCUT2D eigenvalue weighted by Crippen LogP contribution is -2.44. The summed E-state index contributed by atoms with van der Waals surface area (Å²) in [5.74, 6) is 1.23. The molecule has 1 fully saturated rings. The summed E-state index contributed by atoms with van der Waals surface area (Å²) in [5, 5.41) is 6.12. The predicted octanol–water partition coefficient (Wildman–Crippen LogP) is 0.551. The largest absolute Gasteiger partial charge is 0.480 e. The van der Waals surface area contributed by atoms with Gasteiger partial charge in [-0.25, -0.2) is 9.97 Å². The van der Waals surface area contributed by atoms with Gasteiger partial charge in [0.2, 0.25) is 23.6 Å². The van der Waals surface area contributed by atoms with Crippen molar-refractivity contribution in [2.45, 2.75) is 10.1 Å². The van der Waals surface area contributed by atoms with Crippen LogP contribution in [0.15, 0.2) is 28.8 Å². The highest BCUT2D eigenvalue weighted by atomic mass is 32.2. The maximum Gasteiger partial charge on any atom is 0.248 e. The van der Waals surface area contributed by atoms with Gasteiger partial charge in [-0.05, 0) is 17.8 Å². The minimum Gasteiger partial charge on any atom is -0.480 e. The summed E-state index contributed by atoms with van der Waals surface area (Å²) in [7, 11) is 3.03. The predicted molar refractivity (Wildman–Crippen MR) is 110 cm³/mol. The third-order valence-electron chi connectivity index (χ3n) is 3.93. The standard InChI is InChI=1S/C17H22N8O3S/c1-4-12(26)21-11-9-10(18)20-17(22-11)29-13-14(27-2)23-16(24-15(13)28-3)25-7-5-19-6-8-25/h4,9,19H,1,5-8H2,2-3H3,(H3,18,20,21,22,26). The van der Waals surface area contributed by atoms with E-state index in [2.05, 4.69) is 42.0 Å². The molecular formula is C17H22N8O3S. The Morgan fingerprint density at radius 2 is 1.90 bits per heavy atom. The summed E-state index contributed by atoms with van der Waals surface area (Å²) in [6.07, 6.45) is 1.14. The van der Waals surface area contributed by atoms with Crippen LogP contribution < -0.4 is 30.7 Å². The van der Waals surface area contributed by atoms with Gasteiger partial charge in [0.25, 0.3) is 0 Å². The van der Waals surface area contributed by atoms with Gasteiger partial charge in [0, 0.05) is 32.2 Å². The van der Waals surface area contributed by atoms with Crippen LogP contribution in [0.2, 0.25) is 0 Å². The van der Waals surface area contributed by atoms with Crippen molar-refractivity contribution < 1.29 is 14.3 Å². The van der Waals surface area contributed by atoms with Crippen LogP contribution in [-0.4, -0.2) is 66.2 Å². The van der Waals surface area contributed by atoms with Crippen LogP contribution in [0.3, 0.4) is 0 Å². The Morgan fingerprint density at radius 3 is 2.48 bits per heavy atom. The molecule has 0 unspecified atom stereocenters. The number of nitrogens with one attached hydrogen (secondary N) is 2. The first-order valence-corrected chi connectivity index (χ1v) is 9.57. The molecule has 4 N–H and O–H groups in total. The number of aromatic nitrogens is 4. The SMILES string of the molecule is C=CC(=O)Nc1cc(N)nc(Sc2c(OC)nc(N3CCNCC3)nc2OC)n1. The number of methoxy groups -OCH3 is 2. The number of amides is 1. The molecule has 154 valence electrons. The molecule has 29 heavy (non-hydrogen) atoms. The topological polar surface area (TPSA) is 140 Å². The van der Waals surface area contributed by atoms with Gasteiger partial charge in [-0.1, -0.05) is 6.58 Å². The van der Waals surface area contributed by atoms with Crippen molar-refractivity contribution in [2.75, 3.05) is 56.3 Å². The zero-order valence-electron chi connectivity index (χ0n) is 16.1. The molecule has 0 atom stereocenters. The van der Waals surface area contributed by atoms with Crippen molar-refractivity contribution >= 4 is 35.3 Å². The minimum atomic E-state index is -0.405. The molecule has 0 spiro atoms. The monoisotopic (exact) mass is 418 g/mol. The summed E-state index contributed by atoms with van der Waals surface area (Å²) in [5.41, 5.74) is 5.85. The van der Waals surface area contributed by atoms with Crippen LogP contribution in [0.1, 0.15) is 0 Å². The van der Waals surface area contributed by atoms with Gasteiger partial charge in [-0.2, -0.15) is 9.97 Å². The van der Waals surface area contributed by atoms with Crippen LogP contribution in [-0.2, 0) is 4.79 Å². The number of anilines is 3. The van der Waals surface area contributed by atoms with Crippen molar-refractivity contribution in [1.29, 1.82) is 0 Å². The molecule has 1 aliphatic heterocycles. The van der Waals surface area contributed by atoms with Gasteiger partial charge < -0.3 is 30.7 Å². The third kappa shape index (κ3) is 5.03. The van der Waals surface area contributed by atoms with Gasteiger partial charge >= 0.3 is 0 Å². The highest BCUT2D eigenvalue weighted by molar-refractivity contribution is 7.99. The summed E-state index contributed by atoms with van der Waals surface area (Å²) < 4.78 is 10.9. The molecule has 0 radical (unpaired) electrons. The summed E-state index contributed by atoms with van der Waals surface area (Å²) in [4.78, 5) is 31.6. The molecule has 11 nitrogen and oxygen atoms in total. The molecule has 2 aromatic heterocycles. The zero-order chi connectivity index (χ0) is 20.8. The maximum absolute atomic E-state index is 11.5. The third-order valence-corrected chi connectivity index (χ3v) is 4.85. The molecule has 1 amide bonds. The lowest BCUT2D eigenvalue weighted by atomic mass is 10.4.